The zero-order chi connectivity index (χ0) is 15.6. The van der Waals surface area contributed by atoms with Crippen molar-refractivity contribution in [3.63, 3.8) is 0 Å². The van der Waals surface area contributed by atoms with Gasteiger partial charge in [0.05, 0.1) is 11.3 Å². The number of pyridine rings is 1. The first-order valence-electron chi connectivity index (χ1n) is 7.39. The van der Waals surface area contributed by atoms with Crippen molar-refractivity contribution < 1.29 is 9.90 Å². The third-order valence-corrected chi connectivity index (χ3v) is 4.21. The van der Waals surface area contributed by atoms with E-state index in [2.05, 4.69) is 16.4 Å². The number of carbonyl (C=O) groups is 1. The molecule has 4 N–H and O–H groups in total. The van der Waals surface area contributed by atoms with E-state index in [9.17, 15) is 9.90 Å². The highest BCUT2D eigenvalue weighted by atomic mass is 16.3. The first-order valence-corrected chi connectivity index (χ1v) is 7.39. The highest BCUT2D eigenvalue weighted by Gasteiger charge is 2.34. The molecule has 3 rings (SSSR count). The van der Waals surface area contributed by atoms with Crippen LogP contribution < -0.4 is 11.1 Å². The lowest BCUT2D eigenvalue weighted by molar-refractivity contribution is 0.0323. The fraction of sp³-hybridized carbons (Fsp3) is 0.294. The van der Waals surface area contributed by atoms with Gasteiger partial charge >= 0.3 is 0 Å². The van der Waals surface area contributed by atoms with Gasteiger partial charge in [0.15, 0.2) is 0 Å². The van der Waals surface area contributed by atoms with Gasteiger partial charge in [-0.15, -0.1) is 0 Å². The normalized spacial score (nSPS) is 20.2. The minimum Gasteiger partial charge on any atom is -0.383 e. The van der Waals surface area contributed by atoms with Crippen LogP contribution in [-0.4, -0.2) is 22.5 Å². The topological polar surface area (TPSA) is 88.2 Å². The molecule has 1 aromatic heterocycles. The number of nitrogens with one attached hydrogen (secondary N) is 1. The Kier molecular flexibility index (Phi) is 3.81. The average Bonchev–Trinajstić information content (AvgIpc) is 2.54. The van der Waals surface area contributed by atoms with Crippen LogP contribution in [0.2, 0.25) is 0 Å². The Labute approximate surface area is 129 Å². The van der Waals surface area contributed by atoms with Crippen LogP contribution in [0, 0.1) is 0 Å². The molecule has 1 amide bonds. The molecule has 0 fully saturated rings. The van der Waals surface area contributed by atoms with Gasteiger partial charge in [0.1, 0.15) is 5.60 Å². The maximum Gasteiger partial charge on any atom is 0.252 e. The SMILES string of the molecule is NC(=O)c1cnccc1NCC1(O)CCCc2ccccc21. The molecule has 1 aliphatic rings. The first-order chi connectivity index (χ1) is 10.6. The lowest BCUT2D eigenvalue weighted by Crippen LogP contribution is -2.38. The van der Waals surface area contributed by atoms with Crippen molar-refractivity contribution in [1.82, 2.24) is 4.98 Å². The largest absolute Gasteiger partial charge is 0.383 e. The van der Waals surface area contributed by atoms with E-state index in [1.54, 1.807) is 12.3 Å². The number of nitrogens with zero attached hydrogens (tertiary/aromatic N) is 1. The van der Waals surface area contributed by atoms with E-state index in [1.807, 2.05) is 18.2 Å². The standard InChI is InChI=1S/C17H19N3O2/c18-16(21)13-10-19-9-7-15(13)20-11-17(22)8-3-5-12-4-1-2-6-14(12)17/h1-2,4,6-7,9-10,22H,3,5,8,11H2,(H2,18,21)(H,19,20). The van der Waals surface area contributed by atoms with Crippen LogP contribution in [0.15, 0.2) is 42.7 Å². The van der Waals surface area contributed by atoms with Crippen LogP contribution in [0.1, 0.15) is 34.3 Å². The fourth-order valence-electron chi connectivity index (χ4n) is 3.07. The lowest BCUT2D eigenvalue weighted by atomic mass is 9.79. The average molecular weight is 297 g/mol. The molecular weight excluding hydrogens is 278 g/mol. The second-order valence-corrected chi connectivity index (χ2v) is 5.68. The predicted molar refractivity (Wildman–Crippen MR) is 84.5 cm³/mol. The summed E-state index contributed by atoms with van der Waals surface area (Å²) in [6, 6.07) is 9.65. The van der Waals surface area contributed by atoms with Gasteiger partial charge in [0.25, 0.3) is 5.91 Å². The molecular formula is C17H19N3O2. The number of aliphatic hydroxyl groups is 1. The monoisotopic (exact) mass is 297 g/mol. The number of aromatic nitrogens is 1. The summed E-state index contributed by atoms with van der Waals surface area (Å²) in [4.78, 5) is 15.3. The van der Waals surface area contributed by atoms with Crippen LogP contribution in [0.25, 0.3) is 0 Å². The number of amides is 1. The second kappa shape index (κ2) is 5.77. The summed E-state index contributed by atoms with van der Waals surface area (Å²) in [7, 11) is 0. The predicted octanol–water partition coefficient (Wildman–Crippen LogP) is 1.82. The number of fused-ring (bicyclic) bond motifs is 1. The molecule has 22 heavy (non-hydrogen) atoms. The Morgan fingerprint density at radius 3 is 3.00 bits per heavy atom. The Morgan fingerprint density at radius 1 is 1.36 bits per heavy atom. The number of hydrogen-bond donors (Lipinski definition) is 3. The molecule has 114 valence electrons. The van der Waals surface area contributed by atoms with Crippen LogP contribution in [-0.2, 0) is 12.0 Å². The molecule has 5 heteroatoms. The van der Waals surface area contributed by atoms with Crippen LogP contribution >= 0.6 is 0 Å². The summed E-state index contributed by atoms with van der Waals surface area (Å²) in [6.45, 7) is 0.328. The molecule has 1 atom stereocenters. The summed E-state index contributed by atoms with van der Waals surface area (Å²) in [6.07, 6.45) is 5.64. The molecule has 5 nitrogen and oxygen atoms in total. The van der Waals surface area contributed by atoms with Crippen molar-refractivity contribution in [3.05, 3.63) is 59.4 Å². The molecule has 1 heterocycles. The molecule has 0 saturated carbocycles. The molecule has 2 aromatic rings. The third kappa shape index (κ3) is 2.67. The van der Waals surface area contributed by atoms with Crippen molar-refractivity contribution in [1.29, 1.82) is 0 Å². The summed E-state index contributed by atoms with van der Waals surface area (Å²) in [5.41, 5.74) is 7.48. The van der Waals surface area contributed by atoms with Gasteiger partial charge in [-0.3, -0.25) is 9.78 Å². The Hall–Kier alpha value is -2.40. The van der Waals surface area contributed by atoms with Crippen LogP contribution in [0.4, 0.5) is 5.69 Å². The molecule has 0 saturated heterocycles. The highest BCUT2D eigenvalue weighted by Crippen LogP contribution is 2.35. The fourth-order valence-corrected chi connectivity index (χ4v) is 3.07. The van der Waals surface area contributed by atoms with E-state index >= 15 is 0 Å². The first kappa shape index (κ1) is 14.5. The molecule has 1 unspecified atom stereocenters. The maximum atomic E-state index is 11.4. The number of carbonyl (C=O) groups excluding carboxylic acids is 1. The third-order valence-electron chi connectivity index (χ3n) is 4.21. The maximum absolute atomic E-state index is 11.4. The summed E-state index contributed by atoms with van der Waals surface area (Å²) in [5, 5.41) is 14.2. The minimum absolute atomic E-state index is 0.328. The lowest BCUT2D eigenvalue weighted by Gasteiger charge is -2.35. The van der Waals surface area contributed by atoms with E-state index in [1.165, 1.54) is 11.8 Å². The molecule has 1 aliphatic carbocycles. The van der Waals surface area contributed by atoms with E-state index in [4.69, 9.17) is 5.73 Å². The van der Waals surface area contributed by atoms with E-state index in [-0.39, 0.29) is 0 Å². The number of benzene rings is 1. The van der Waals surface area contributed by atoms with Crippen molar-refractivity contribution in [2.24, 2.45) is 5.73 Å². The number of nitrogens with two attached hydrogens (primary N) is 1. The highest BCUT2D eigenvalue weighted by molar-refractivity contribution is 5.98. The molecule has 1 aromatic carbocycles. The van der Waals surface area contributed by atoms with Gasteiger partial charge < -0.3 is 16.2 Å². The molecule has 0 spiro atoms. The quantitative estimate of drug-likeness (QED) is 0.803. The van der Waals surface area contributed by atoms with Crippen molar-refractivity contribution in [3.8, 4) is 0 Å². The van der Waals surface area contributed by atoms with E-state index in [0.717, 1.165) is 18.4 Å². The Bertz CT molecular complexity index is 702. The number of rotatable bonds is 4. The van der Waals surface area contributed by atoms with E-state index < -0.39 is 11.5 Å². The van der Waals surface area contributed by atoms with Gasteiger partial charge in [0.2, 0.25) is 0 Å². The summed E-state index contributed by atoms with van der Waals surface area (Å²) in [5.74, 6) is -0.536. The Morgan fingerprint density at radius 2 is 2.18 bits per heavy atom. The summed E-state index contributed by atoms with van der Waals surface area (Å²) < 4.78 is 0. The zero-order valence-corrected chi connectivity index (χ0v) is 12.2. The Balaban J connectivity index is 1.84. The van der Waals surface area contributed by atoms with Gasteiger partial charge in [-0.05, 0) is 36.5 Å². The smallest absolute Gasteiger partial charge is 0.252 e. The van der Waals surface area contributed by atoms with Gasteiger partial charge in [-0.25, -0.2) is 0 Å². The zero-order valence-electron chi connectivity index (χ0n) is 12.2. The molecule has 0 aliphatic heterocycles. The number of hydrogen-bond acceptors (Lipinski definition) is 4. The van der Waals surface area contributed by atoms with Crippen molar-refractivity contribution >= 4 is 11.6 Å². The summed E-state index contributed by atoms with van der Waals surface area (Å²) >= 11 is 0. The van der Waals surface area contributed by atoms with Crippen LogP contribution in [0.3, 0.4) is 0 Å². The molecule has 0 bridgehead atoms. The molecule has 0 radical (unpaired) electrons. The van der Waals surface area contributed by atoms with Crippen molar-refractivity contribution in [2.45, 2.75) is 24.9 Å². The minimum atomic E-state index is -0.937. The van der Waals surface area contributed by atoms with Gasteiger partial charge in [-0.1, -0.05) is 24.3 Å². The van der Waals surface area contributed by atoms with Gasteiger partial charge in [-0.2, -0.15) is 0 Å². The van der Waals surface area contributed by atoms with Crippen LogP contribution in [0.5, 0.6) is 0 Å². The van der Waals surface area contributed by atoms with E-state index in [0.29, 0.717) is 24.2 Å². The second-order valence-electron chi connectivity index (χ2n) is 5.68. The van der Waals surface area contributed by atoms with Gasteiger partial charge in [0, 0.05) is 18.9 Å². The number of aryl methyl sites for hydroxylation is 1. The van der Waals surface area contributed by atoms with Crippen molar-refractivity contribution in [2.75, 3.05) is 11.9 Å². The number of primary amides is 1. The number of anilines is 1.